The standard InChI is InChI=1S/C8H12BF3N3O.K/c10-9(11,12)6-15-8(16)14-5-3-1-2-4-7(14)13-15;/h1-6H2;/q-1;+1. The zero-order valence-electron chi connectivity index (χ0n) is 9.70. The van der Waals surface area contributed by atoms with Crippen LogP contribution >= 0.6 is 0 Å². The Bertz CT molecular complexity index is 442. The summed E-state index contributed by atoms with van der Waals surface area (Å²) >= 11 is 0. The number of nitrogens with zero attached hydrogens (tertiary/aromatic N) is 3. The van der Waals surface area contributed by atoms with Gasteiger partial charge in [-0.05, 0) is 12.8 Å². The zero-order valence-corrected chi connectivity index (χ0v) is 12.8. The van der Waals surface area contributed by atoms with Crippen LogP contribution in [0.5, 0.6) is 0 Å². The summed E-state index contributed by atoms with van der Waals surface area (Å²) in [5.74, 6) is 0.488. The van der Waals surface area contributed by atoms with Gasteiger partial charge in [-0.1, -0.05) is 6.42 Å². The number of hydrogen-bond acceptors (Lipinski definition) is 2. The largest absolute Gasteiger partial charge is 1.00 e. The monoisotopic (exact) mass is 273 g/mol. The second-order valence-electron chi connectivity index (χ2n) is 4.05. The van der Waals surface area contributed by atoms with E-state index in [-0.39, 0.29) is 51.4 Å². The van der Waals surface area contributed by atoms with E-state index in [1.54, 1.807) is 0 Å². The molecule has 0 saturated heterocycles. The second-order valence-corrected chi connectivity index (χ2v) is 4.05. The summed E-state index contributed by atoms with van der Waals surface area (Å²) in [6, 6.07) is 0. The van der Waals surface area contributed by atoms with Crippen molar-refractivity contribution in [2.75, 3.05) is 0 Å². The summed E-state index contributed by atoms with van der Waals surface area (Å²) in [5, 5.41) is 3.76. The van der Waals surface area contributed by atoms with Crippen LogP contribution in [0.3, 0.4) is 0 Å². The number of halogens is 3. The maximum atomic E-state index is 12.2. The molecule has 0 radical (unpaired) electrons. The van der Waals surface area contributed by atoms with Gasteiger partial charge in [0.15, 0.2) is 0 Å². The molecule has 0 saturated carbocycles. The Morgan fingerprint density at radius 3 is 2.59 bits per heavy atom. The normalized spacial score (nSPS) is 15.9. The molecule has 0 spiro atoms. The van der Waals surface area contributed by atoms with Crippen molar-refractivity contribution in [2.24, 2.45) is 0 Å². The van der Waals surface area contributed by atoms with Crippen molar-refractivity contribution in [1.29, 1.82) is 0 Å². The summed E-state index contributed by atoms with van der Waals surface area (Å²) in [7, 11) is 0. The minimum atomic E-state index is -5.02. The summed E-state index contributed by atoms with van der Waals surface area (Å²) in [5.41, 5.74) is -0.629. The summed E-state index contributed by atoms with van der Waals surface area (Å²) in [6.07, 6.45) is 2.06. The fourth-order valence-corrected chi connectivity index (χ4v) is 1.94. The van der Waals surface area contributed by atoms with E-state index >= 15 is 0 Å². The van der Waals surface area contributed by atoms with Crippen molar-refractivity contribution in [3.63, 3.8) is 0 Å². The van der Waals surface area contributed by atoms with Crippen molar-refractivity contribution < 1.29 is 64.3 Å². The van der Waals surface area contributed by atoms with E-state index in [9.17, 15) is 17.7 Å². The quantitative estimate of drug-likeness (QED) is 0.594. The van der Waals surface area contributed by atoms with E-state index in [4.69, 9.17) is 0 Å². The molecular weight excluding hydrogens is 261 g/mol. The smallest absolute Gasteiger partial charge is 0.448 e. The molecule has 2 rings (SSSR count). The van der Waals surface area contributed by atoms with Crippen LogP contribution in [0.4, 0.5) is 12.9 Å². The van der Waals surface area contributed by atoms with Crippen molar-refractivity contribution in [2.45, 2.75) is 38.7 Å². The molecule has 1 aromatic heterocycles. The molecule has 0 aliphatic carbocycles. The molecule has 2 heterocycles. The Hall–Kier alpha value is 0.431. The van der Waals surface area contributed by atoms with E-state index in [0.29, 0.717) is 23.5 Å². The number of hydrogen-bond donors (Lipinski definition) is 0. The Morgan fingerprint density at radius 1 is 1.24 bits per heavy atom. The van der Waals surface area contributed by atoms with Crippen LogP contribution in [0.1, 0.15) is 25.1 Å². The van der Waals surface area contributed by atoms with Gasteiger partial charge < -0.3 is 12.9 Å². The molecule has 0 N–H and O–H groups in total. The molecule has 1 aliphatic rings. The minimum Gasteiger partial charge on any atom is -0.448 e. The third kappa shape index (κ3) is 3.95. The third-order valence-electron chi connectivity index (χ3n) is 2.66. The Labute approximate surface area is 139 Å². The van der Waals surface area contributed by atoms with E-state index in [2.05, 4.69) is 5.10 Å². The molecule has 0 unspecified atom stereocenters. The van der Waals surface area contributed by atoms with E-state index in [1.165, 1.54) is 4.57 Å². The van der Waals surface area contributed by atoms with Gasteiger partial charge in [0.2, 0.25) is 0 Å². The summed E-state index contributed by atoms with van der Waals surface area (Å²) < 4.78 is 38.6. The van der Waals surface area contributed by atoms with E-state index in [0.717, 1.165) is 19.3 Å². The van der Waals surface area contributed by atoms with Crippen LogP contribution in [-0.2, 0) is 19.4 Å². The molecule has 0 atom stereocenters. The number of aryl methyl sites for hydroxylation is 1. The van der Waals surface area contributed by atoms with Crippen molar-refractivity contribution in [3.8, 4) is 0 Å². The number of rotatable bonds is 2. The van der Waals surface area contributed by atoms with Gasteiger partial charge in [0.05, 0.1) is 0 Å². The summed E-state index contributed by atoms with van der Waals surface area (Å²) in [4.78, 5) is 11.6. The number of aromatic nitrogens is 3. The molecule has 1 aliphatic heterocycles. The van der Waals surface area contributed by atoms with Crippen LogP contribution < -0.4 is 57.1 Å². The molecule has 17 heavy (non-hydrogen) atoms. The predicted molar refractivity (Wildman–Crippen MR) is 53.1 cm³/mol. The van der Waals surface area contributed by atoms with Gasteiger partial charge in [-0.25, -0.2) is 9.48 Å². The Balaban J connectivity index is 0.00000144. The first-order valence-corrected chi connectivity index (χ1v) is 5.35. The third-order valence-corrected chi connectivity index (χ3v) is 2.66. The van der Waals surface area contributed by atoms with E-state index < -0.39 is 19.1 Å². The molecule has 0 aromatic carbocycles. The van der Waals surface area contributed by atoms with E-state index in [1.807, 2.05) is 0 Å². The molecule has 4 nitrogen and oxygen atoms in total. The zero-order chi connectivity index (χ0) is 11.8. The topological polar surface area (TPSA) is 39.8 Å². The fraction of sp³-hybridized carbons (Fsp3) is 0.750. The van der Waals surface area contributed by atoms with Gasteiger partial charge in [0.1, 0.15) is 5.82 Å². The average molecular weight is 273 g/mol. The average Bonchev–Trinajstić information content (AvgIpc) is 2.39. The second kappa shape index (κ2) is 6.05. The van der Waals surface area contributed by atoms with Crippen molar-refractivity contribution >= 4 is 6.98 Å². The molecule has 9 heteroatoms. The maximum absolute atomic E-state index is 12.2. The molecule has 0 bridgehead atoms. The predicted octanol–water partition coefficient (Wildman–Crippen LogP) is -1.84. The van der Waals surface area contributed by atoms with Crippen LogP contribution in [0.15, 0.2) is 4.79 Å². The van der Waals surface area contributed by atoms with Crippen LogP contribution in [0.25, 0.3) is 0 Å². The van der Waals surface area contributed by atoms with Crippen LogP contribution in [0.2, 0.25) is 0 Å². The SMILES string of the molecule is O=c1n(C[B-](F)(F)F)nc2n1CCCCC2.[K+]. The van der Waals surface area contributed by atoms with Gasteiger partial charge in [-0.2, -0.15) is 5.10 Å². The number of fused-ring (bicyclic) bond motifs is 1. The molecule has 90 valence electrons. The first-order valence-electron chi connectivity index (χ1n) is 5.35. The Morgan fingerprint density at radius 2 is 1.94 bits per heavy atom. The Kier molecular flexibility index (Phi) is 5.51. The molecule has 0 fully saturated rings. The molecular formula is C8H12BF3KN3O. The van der Waals surface area contributed by atoms with Gasteiger partial charge in [0, 0.05) is 19.4 Å². The van der Waals surface area contributed by atoms with Gasteiger partial charge in [-0.3, -0.25) is 4.57 Å². The van der Waals surface area contributed by atoms with Gasteiger partial charge in [0.25, 0.3) is 0 Å². The fourth-order valence-electron chi connectivity index (χ4n) is 1.94. The van der Waals surface area contributed by atoms with Gasteiger partial charge in [-0.15, -0.1) is 0 Å². The van der Waals surface area contributed by atoms with Crippen molar-refractivity contribution in [3.05, 3.63) is 16.3 Å². The maximum Gasteiger partial charge on any atom is 1.00 e. The first-order chi connectivity index (χ1) is 7.47. The van der Waals surface area contributed by atoms with Gasteiger partial charge >= 0.3 is 64.1 Å². The molecule has 0 amide bonds. The van der Waals surface area contributed by atoms with Crippen LogP contribution in [0, 0.1) is 0 Å². The van der Waals surface area contributed by atoms with Crippen molar-refractivity contribution in [1.82, 2.24) is 14.3 Å². The first kappa shape index (κ1) is 15.5. The molecule has 1 aromatic rings. The summed E-state index contributed by atoms with van der Waals surface area (Å²) in [6.45, 7) is -4.53. The minimum absolute atomic E-state index is 0. The van der Waals surface area contributed by atoms with Crippen LogP contribution in [-0.4, -0.2) is 21.3 Å².